The van der Waals surface area contributed by atoms with E-state index in [9.17, 15) is 4.79 Å². The molecule has 0 aliphatic carbocycles. The van der Waals surface area contributed by atoms with E-state index in [1.165, 1.54) is 0 Å². The fraction of sp³-hybridized carbons (Fsp3) is 0.286. The van der Waals surface area contributed by atoms with Crippen LogP contribution in [0.5, 0.6) is 0 Å². The van der Waals surface area contributed by atoms with Gasteiger partial charge in [0.1, 0.15) is 5.82 Å². The number of hydrogen-bond acceptors (Lipinski definition) is 3. The van der Waals surface area contributed by atoms with E-state index in [0.29, 0.717) is 11.7 Å². The summed E-state index contributed by atoms with van der Waals surface area (Å²) in [6, 6.07) is 9.22. The lowest BCUT2D eigenvalue weighted by molar-refractivity contribution is 0.245. The summed E-state index contributed by atoms with van der Waals surface area (Å²) in [5, 5.41) is 7.74. The van der Waals surface area contributed by atoms with Crippen LogP contribution in [0.15, 0.2) is 41.9 Å². The molecule has 2 aromatic rings. The number of carbonyl (C=O) groups is 1. The molecule has 0 bridgehead atoms. The molecule has 0 fully saturated rings. The van der Waals surface area contributed by atoms with Crippen LogP contribution in [-0.2, 0) is 0 Å². The zero-order valence-corrected chi connectivity index (χ0v) is 11.8. The average molecular weight is 275 g/mol. The summed E-state index contributed by atoms with van der Waals surface area (Å²) in [5.74, 6) is 0.877. The highest BCUT2D eigenvalue weighted by molar-refractivity contribution is 7.10. The summed E-state index contributed by atoms with van der Waals surface area (Å²) >= 11 is 1.65. The molecule has 0 saturated carbocycles. The topological polar surface area (TPSA) is 54.0 Å². The number of anilines is 1. The van der Waals surface area contributed by atoms with Crippen molar-refractivity contribution in [2.75, 3.05) is 5.32 Å². The largest absolute Gasteiger partial charge is 0.330 e. The summed E-state index contributed by atoms with van der Waals surface area (Å²) in [6.45, 7) is 4.18. The first-order chi connectivity index (χ1) is 9.16. The van der Waals surface area contributed by atoms with Crippen molar-refractivity contribution in [1.29, 1.82) is 0 Å². The Labute approximate surface area is 116 Å². The fourth-order valence-electron chi connectivity index (χ4n) is 1.76. The first-order valence-electron chi connectivity index (χ1n) is 6.19. The van der Waals surface area contributed by atoms with E-state index in [4.69, 9.17) is 0 Å². The molecule has 2 rings (SSSR count). The van der Waals surface area contributed by atoms with Gasteiger partial charge in [-0.15, -0.1) is 11.3 Å². The van der Waals surface area contributed by atoms with E-state index < -0.39 is 0 Å². The van der Waals surface area contributed by atoms with Crippen molar-refractivity contribution in [3.63, 3.8) is 0 Å². The Kier molecular flexibility index (Phi) is 4.52. The SMILES string of the molecule is CC(C)[C@H](NC(=O)Nc1ccccn1)c1cccs1. The van der Waals surface area contributed by atoms with Crippen molar-refractivity contribution in [3.8, 4) is 0 Å². The van der Waals surface area contributed by atoms with Gasteiger partial charge in [-0.05, 0) is 29.5 Å². The third-order valence-electron chi connectivity index (χ3n) is 2.71. The maximum atomic E-state index is 12.0. The summed E-state index contributed by atoms with van der Waals surface area (Å²) in [6.07, 6.45) is 1.65. The van der Waals surface area contributed by atoms with Crippen molar-refractivity contribution >= 4 is 23.2 Å². The van der Waals surface area contributed by atoms with E-state index >= 15 is 0 Å². The Morgan fingerprint density at radius 1 is 1.26 bits per heavy atom. The number of hydrogen-bond donors (Lipinski definition) is 2. The molecule has 0 aromatic carbocycles. The van der Waals surface area contributed by atoms with Crippen LogP contribution < -0.4 is 10.6 Å². The van der Waals surface area contributed by atoms with Crippen molar-refractivity contribution in [1.82, 2.24) is 10.3 Å². The second-order valence-corrected chi connectivity index (χ2v) is 5.53. The maximum absolute atomic E-state index is 12.0. The van der Waals surface area contributed by atoms with Crippen LogP contribution in [0.25, 0.3) is 0 Å². The van der Waals surface area contributed by atoms with E-state index in [0.717, 1.165) is 4.88 Å². The molecule has 0 spiro atoms. The Morgan fingerprint density at radius 2 is 2.11 bits per heavy atom. The van der Waals surface area contributed by atoms with Crippen molar-refractivity contribution in [3.05, 3.63) is 46.8 Å². The lowest BCUT2D eigenvalue weighted by Gasteiger charge is -2.21. The van der Waals surface area contributed by atoms with E-state index in [2.05, 4.69) is 29.5 Å². The van der Waals surface area contributed by atoms with Crippen LogP contribution in [0.3, 0.4) is 0 Å². The van der Waals surface area contributed by atoms with Crippen LogP contribution in [0.4, 0.5) is 10.6 Å². The van der Waals surface area contributed by atoms with Gasteiger partial charge in [-0.1, -0.05) is 26.0 Å². The van der Waals surface area contributed by atoms with Gasteiger partial charge < -0.3 is 5.32 Å². The summed E-state index contributed by atoms with van der Waals surface area (Å²) < 4.78 is 0. The Bertz CT molecular complexity index is 511. The smallest absolute Gasteiger partial charge is 0.320 e. The number of nitrogens with one attached hydrogen (secondary N) is 2. The van der Waals surface area contributed by atoms with E-state index in [-0.39, 0.29) is 12.1 Å². The van der Waals surface area contributed by atoms with Crippen LogP contribution in [0, 0.1) is 5.92 Å². The third-order valence-corrected chi connectivity index (χ3v) is 3.66. The average Bonchev–Trinajstić information content (AvgIpc) is 2.90. The van der Waals surface area contributed by atoms with Crippen LogP contribution >= 0.6 is 11.3 Å². The number of thiophene rings is 1. The standard InChI is InChI=1S/C14H17N3OS/c1-10(2)13(11-6-5-9-19-11)17-14(18)16-12-7-3-4-8-15-12/h3-10,13H,1-2H3,(H2,15,16,17,18)/t13-/m0/s1. The van der Waals surface area contributed by atoms with Crippen molar-refractivity contribution < 1.29 is 4.79 Å². The Hall–Kier alpha value is -1.88. The highest BCUT2D eigenvalue weighted by atomic mass is 32.1. The number of amides is 2. The second-order valence-electron chi connectivity index (χ2n) is 4.55. The number of pyridine rings is 1. The number of urea groups is 1. The molecule has 2 heterocycles. The van der Waals surface area contributed by atoms with Gasteiger partial charge in [-0.25, -0.2) is 9.78 Å². The minimum absolute atomic E-state index is 0.0173. The first-order valence-corrected chi connectivity index (χ1v) is 7.06. The molecule has 0 unspecified atom stereocenters. The maximum Gasteiger partial charge on any atom is 0.320 e. The molecule has 5 heteroatoms. The Morgan fingerprint density at radius 3 is 2.68 bits per heavy atom. The van der Waals surface area contributed by atoms with E-state index in [1.54, 1.807) is 23.6 Å². The molecule has 0 saturated heterocycles. The molecule has 1 atom stereocenters. The zero-order valence-electron chi connectivity index (χ0n) is 11.0. The lowest BCUT2D eigenvalue weighted by Crippen LogP contribution is -2.34. The first kappa shape index (κ1) is 13.5. The van der Waals surface area contributed by atoms with Gasteiger partial charge in [0.05, 0.1) is 6.04 Å². The number of aromatic nitrogens is 1. The van der Waals surface area contributed by atoms with Gasteiger partial charge in [0.2, 0.25) is 0 Å². The Balaban J connectivity index is 2.00. The van der Waals surface area contributed by atoms with E-state index in [1.807, 2.05) is 29.6 Å². The minimum Gasteiger partial charge on any atom is -0.330 e. The van der Waals surface area contributed by atoms with Gasteiger partial charge in [-0.3, -0.25) is 5.32 Å². The minimum atomic E-state index is -0.231. The molecule has 4 nitrogen and oxygen atoms in total. The predicted molar refractivity (Wildman–Crippen MR) is 78.3 cm³/mol. The molecule has 0 aliphatic rings. The van der Waals surface area contributed by atoms with Crippen molar-refractivity contribution in [2.24, 2.45) is 5.92 Å². The molecular weight excluding hydrogens is 258 g/mol. The molecule has 2 N–H and O–H groups in total. The highest BCUT2D eigenvalue weighted by Gasteiger charge is 2.19. The van der Waals surface area contributed by atoms with Gasteiger partial charge in [0, 0.05) is 11.1 Å². The number of carbonyl (C=O) groups excluding carboxylic acids is 1. The van der Waals surface area contributed by atoms with Gasteiger partial charge >= 0.3 is 6.03 Å². The quantitative estimate of drug-likeness (QED) is 0.894. The molecule has 0 radical (unpaired) electrons. The normalized spacial score (nSPS) is 12.2. The van der Waals surface area contributed by atoms with Crippen molar-refractivity contribution in [2.45, 2.75) is 19.9 Å². The third kappa shape index (κ3) is 3.79. The summed E-state index contributed by atoms with van der Waals surface area (Å²) in [5.41, 5.74) is 0. The zero-order chi connectivity index (χ0) is 13.7. The monoisotopic (exact) mass is 275 g/mol. The molecule has 0 aliphatic heterocycles. The van der Waals surface area contributed by atoms with Crippen LogP contribution in [0.2, 0.25) is 0 Å². The molecule has 19 heavy (non-hydrogen) atoms. The van der Waals surface area contributed by atoms with Gasteiger partial charge in [0.15, 0.2) is 0 Å². The highest BCUT2D eigenvalue weighted by Crippen LogP contribution is 2.25. The van der Waals surface area contributed by atoms with Crippen LogP contribution in [0.1, 0.15) is 24.8 Å². The number of nitrogens with zero attached hydrogens (tertiary/aromatic N) is 1. The molecule has 2 aromatic heterocycles. The molecule has 2 amide bonds. The van der Waals surface area contributed by atoms with Gasteiger partial charge in [0.25, 0.3) is 0 Å². The lowest BCUT2D eigenvalue weighted by atomic mass is 10.0. The fourth-order valence-corrected chi connectivity index (χ4v) is 2.71. The predicted octanol–water partition coefficient (Wildman–Crippen LogP) is 3.66. The molecule has 100 valence electrons. The number of rotatable bonds is 4. The summed E-state index contributed by atoms with van der Waals surface area (Å²) in [7, 11) is 0. The summed E-state index contributed by atoms with van der Waals surface area (Å²) in [4.78, 5) is 17.2. The van der Waals surface area contributed by atoms with Crippen LogP contribution in [-0.4, -0.2) is 11.0 Å². The van der Waals surface area contributed by atoms with Gasteiger partial charge in [-0.2, -0.15) is 0 Å². The second kappa shape index (κ2) is 6.33. The molecular formula is C14H17N3OS.